The van der Waals surface area contributed by atoms with E-state index in [0.29, 0.717) is 23.1 Å². The van der Waals surface area contributed by atoms with Crippen molar-refractivity contribution in [3.63, 3.8) is 0 Å². The van der Waals surface area contributed by atoms with Crippen LogP contribution in [0, 0.1) is 23.3 Å². The highest BCUT2D eigenvalue weighted by Crippen LogP contribution is 2.31. The predicted octanol–water partition coefficient (Wildman–Crippen LogP) is 7.81. The minimum Gasteiger partial charge on any atom is -0.491 e. The van der Waals surface area contributed by atoms with Gasteiger partial charge in [-0.1, -0.05) is 60.7 Å². The standard InChI is InChI=1S/C30H26F4O2/c1-3-36-26-17-16-25(29(33)30(26)34)21-7-4-19(5-8-21)6-9-23-14-15-24(28(32)27(23)31)22-12-10-20(11-13-22)18(2)35/h4-5,7-8,10-18,35H,3,6,9H2,1-2H3. The molecule has 6 heteroatoms. The summed E-state index contributed by atoms with van der Waals surface area (Å²) in [5.41, 5.74) is 3.09. The van der Waals surface area contributed by atoms with E-state index in [1.165, 1.54) is 12.1 Å². The Morgan fingerprint density at radius 3 is 1.81 bits per heavy atom. The lowest BCUT2D eigenvalue weighted by Gasteiger charge is -2.11. The number of aryl methyl sites for hydroxylation is 2. The second-order valence-electron chi connectivity index (χ2n) is 8.57. The van der Waals surface area contributed by atoms with Crippen molar-refractivity contribution in [3.8, 4) is 28.0 Å². The van der Waals surface area contributed by atoms with Gasteiger partial charge in [-0.25, -0.2) is 13.2 Å². The first-order valence-electron chi connectivity index (χ1n) is 11.8. The zero-order valence-corrected chi connectivity index (χ0v) is 20.0. The maximum absolute atomic E-state index is 14.8. The van der Waals surface area contributed by atoms with Crippen molar-refractivity contribution in [2.75, 3.05) is 6.61 Å². The number of aliphatic hydroxyl groups excluding tert-OH is 1. The highest BCUT2D eigenvalue weighted by molar-refractivity contribution is 5.66. The monoisotopic (exact) mass is 494 g/mol. The molecule has 0 aromatic heterocycles. The Bertz CT molecular complexity index is 1350. The van der Waals surface area contributed by atoms with Gasteiger partial charge in [-0.2, -0.15) is 4.39 Å². The van der Waals surface area contributed by atoms with Gasteiger partial charge in [0, 0.05) is 11.1 Å². The van der Waals surface area contributed by atoms with Crippen molar-refractivity contribution in [3.05, 3.63) is 113 Å². The topological polar surface area (TPSA) is 29.5 Å². The molecule has 4 rings (SSSR count). The quantitative estimate of drug-likeness (QED) is 0.253. The number of benzene rings is 4. The van der Waals surface area contributed by atoms with Gasteiger partial charge in [0.25, 0.3) is 0 Å². The number of hydrogen-bond donors (Lipinski definition) is 1. The number of rotatable bonds is 8. The van der Waals surface area contributed by atoms with Crippen LogP contribution in [0.3, 0.4) is 0 Å². The van der Waals surface area contributed by atoms with E-state index in [1.807, 2.05) is 0 Å². The molecule has 0 aliphatic heterocycles. The van der Waals surface area contributed by atoms with Gasteiger partial charge in [-0.15, -0.1) is 0 Å². The molecule has 0 spiro atoms. The van der Waals surface area contributed by atoms with E-state index >= 15 is 0 Å². The Balaban J connectivity index is 1.47. The molecule has 186 valence electrons. The molecule has 0 amide bonds. The fraction of sp³-hybridized carbons (Fsp3) is 0.200. The average molecular weight is 495 g/mol. The molecule has 0 saturated heterocycles. The second-order valence-corrected chi connectivity index (χ2v) is 8.57. The van der Waals surface area contributed by atoms with Crippen LogP contribution in [0.4, 0.5) is 17.6 Å². The summed E-state index contributed by atoms with van der Waals surface area (Å²) < 4.78 is 63.4. The van der Waals surface area contributed by atoms with E-state index in [9.17, 15) is 22.7 Å². The largest absolute Gasteiger partial charge is 0.491 e. The molecule has 0 radical (unpaired) electrons. The Kier molecular flexibility index (Phi) is 7.75. The number of hydrogen-bond acceptors (Lipinski definition) is 2. The maximum Gasteiger partial charge on any atom is 0.201 e. The Morgan fingerprint density at radius 1 is 0.667 bits per heavy atom. The van der Waals surface area contributed by atoms with Gasteiger partial charge in [-0.05, 0) is 66.6 Å². The van der Waals surface area contributed by atoms with Gasteiger partial charge >= 0.3 is 0 Å². The smallest absolute Gasteiger partial charge is 0.201 e. The zero-order valence-electron chi connectivity index (χ0n) is 20.0. The molecule has 36 heavy (non-hydrogen) atoms. The summed E-state index contributed by atoms with van der Waals surface area (Å²) >= 11 is 0. The Morgan fingerprint density at radius 2 is 1.22 bits per heavy atom. The molecule has 0 aliphatic carbocycles. The van der Waals surface area contributed by atoms with Crippen LogP contribution in [0.2, 0.25) is 0 Å². The van der Waals surface area contributed by atoms with Crippen LogP contribution in [0.5, 0.6) is 5.75 Å². The van der Waals surface area contributed by atoms with Gasteiger partial charge in [0.15, 0.2) is 23.2 Å². The lowest BCUT2D eigenvalue weighted by atomic mass is 9.97. The van der Waals surface area contributed by atoms with Gasteiger partial charge in [0.2, 0.25) is 5.82 Å². The third-order valence-corrected chi connectivity index (χ3v) is 6.16. The molecule has 2 nitrogen and oxygen atoms in total. The molecular weight excluding hydrogens is 468 g/mol. The van der Waals surface area contributed by atoms with Crippen molar-refractivity contribution in [2.45, 2.75) is 32.8 Å². The van der Waals surface area contributed by atoms with Crippen molar-refractivity contribution < 1.29 is 27.4 Å². The van der Waals surface area contributed by atoms with Crippen LogP contribution in [0.1, 0.15) is 36.6 Å². The molecule has 1 N–H and O–H groups in total. The normalized spacial score (nSPS) is 12.0. The molecule has 0 heterocycles. The van der Waals surface area contributed by atoms with Gasteiger partial charge < -0.3 is 9.84 Å². The van der Waals surface area contributed by atoms with Crippen LogP contribution in [0.25, 0.3) is 22.3 Å². The van der Waals surface area contributed by atoms with Crippen molar-refractivity contribution in [1.29, 1.82) is 0 Å². The second kappa shape index (κ2) is 11.0. The Hall–Kier alpha value is -3.64. The number of ether oxygens (including phenoxy) is 1. The summed E-state index contributed by atoms with van der Waals surface area (Å²) in [6.45, 7) is 3.56. The zero-order chi connectivity index (χ0) is 25.8. The van der Waals surface area contributed by atoms with Crippen LogP contribution in [0.15, 0.2) is 72.8 Å². The fourth-order valence-corrected chi connectivity index (χ4v) is 4.10. The summed E-state index contributed by atoms with van der Waals surface area (Å²) in [5.74, 6) is -3.95. The number of aliphatic hydroxyl groups is 1. The molecule has 0 aliphatic rings. The molecule has 1 unspecified atom stereocenters. The summed E-state index contributed by atoms with van der Waals surface area (Å²) in [7, 11) is 0. The van der Waals surface area contributed by atoms with Crippen LogP contribution in [-0.2, 0) is 12.8 Å². The Labute approximate surface area is 207 Å². The van der Waals surface area contributed by atoms with Crippen LogP contribution >= 0.6 is 0 Å². The number of halogens is 4. The molecule has 4 aromatic rings. The summed E-state index contributed by atoms with van der Waals surface area (Å²) in [4.78, 5) is 0. The molecule has 4 aromatic carbocycles. The summed E-state index contributed by atoms with van der Waals surface area (Å²) in [5, 5.41) is 9.63. The minimum absolute atomic E-state index is 0.118. The van der Waals surface area contributed by atoms with E-state index in [0.717, 1.165) is 5.56 Å². The first kappa shape index (κ1) is 25.5. The molecule has 0 bridgehead atoms. The van der Waals surface area contributed by atoms with Crippen LogP contribution < -0.4 is 4.74 Å². The summed E-state index contributed by atoms with van der Waals surface area (Å²) in [6.07, 6.45) is 0.0763. The minimum atomic E-state index is -1.03. The average Bonchev–Trinajstić information content (AvgIpc) is 2.88. The molecule has 0 saturated carbocycles. The van der Waals surface area contributed by atoms with Crippen molar-refractivity contribution in [2.24, 2.45) is 0 Å². The lowest BCUT2D eigenvalue weighted by molar-refractivity contribution is 0.199. The SMILES string of the molecule is CCOc1ccc(-c2ccc(CCc3ccc(-c4ccc(C(C)O)cc4)c(F)c3F)cc2)c(F)c1F. The first-order valence-corrected chi connectivity index (χ1v) is 11.8. The van der Waals surface area contributed by atoms with Crippen molar-refractivity contribution >= 4 is 0 Å². The van der Waals surface area contributed by atoms with E-state index in [2.05, 4.69) is 0 Å². The molecular formula is C30H26F4O2. The van der Waals surface area contributed by atoms with E-state index in [1.54, 1.807) is 74.5 Å². The highest BCUT2D eigenvalue weighted by Gasteiger charge is 2.17. The van der Waals surface area contributed by atoms with E-state index in [4.69, 9.17) is 4.74 Å². The van der Waals surface area contributed by atoms with Gasteiger partial charge in [0.05, 0.1) is 12.7 Å². The summed E-state index contributed by atoms with van der Waals surface area (Å²) in [6, 6.07) is 19.5. The molecule has 1 atom stereocenters. The lowest BCUT2D eigenvalue weighted by Crippen LogP contribution is -2.00. The van der Waals surface area contributed by atoms with Gasteiger partial charge in [0.1, 0.15) is 0 Å². The van der Waals surface area contributed by atoms with E-state index in [-0.39, 0.29) is 35.5 Å². The fourth-order valence-electron chi connectivity index (χ4n) is 4.10. The van der Waals surface area contributed by atoms with E-state index < -0.39 is 29.4 Å². The third kappa shape index (κ3) is 5.29. The van der Waals surface area contributed by atoms with Crippen molar-refractivity contribution in [1.82, 2.24) is 0 Å². The molecule has 0 fully saturated rings. The third-order valence-electron chi connectivity index (χ3n) is 6.16. The first-order chi connectivity index (χ1) is 17.3. The highest BCUT2D eigenvalue weighted by atomic mass is 19.2. The maximum atomic E-state index is 14.8. The van der Waals surface area contributed by atoms with Crippen LogP contribution in [-0.4, -0.2) is 11.7 Å². The van der Waals surface area contributed by atoms with Gasteiger partial charge in [-0.3, -0.25) is 0 Å². The predicted molar refractivity (Wildman–Crippen MR) is 133 cm³/mol.